The summed E-state index contributed by atoms with van der Waals surface area (Å²) in [6.07, 6.45) is -1.15. The molecule has 1 atom stereocenters. The van der Waals surface area contributed by atoms with E-state index in [2.05, 4.69) is 10.6 Å². The summed E-state index contributed by atoms with van der Waals surface area (Å²) < 4.78 is 5.41. The van der Waals surface area contributed by atoms with Gasteiger partial charge in [-0.3, -0.25) is 9.59 Å². The molecule has 0 aliphatic rings. The number of nitrogens with one attached hydrogen (secondary N) is 2. The van der Waals surface area contributed by atoms with E-state index in [0.717, 1.165) is 0 Å². The normalized spacial score (nSPS) is 11.3. The van der Waals surface area contributed by atoms with E-state index in [0.29, 0.717) is 3.57 Å². The summed E-state index contributed by atoms with van der Waals surface area (Å²) in [7, 11) is 1.33. The van der Waals surface area contributed by atoms with E-state index < -0.39 is 30.5 Å². The first-order chi connectivity index (χ1) is 12.1. The molecule has 13 heteroatoms. The van der Waals surface area contributed by atoms with Crippen LogP contribution in [0.1, 0.15) is 20.7 Å². The maximum atomic E-state index is 12.5. The number of carboxylic acid groups (broad SMARTS) is 1. The Kier molecular flexibility index (Phi) is 14.3. The number of halogens is 3. The number of carboxylic acids is 1. The van der Waals surface area contributed by atoms with Crippen LogP contribution in [0.2, 0.25) is 0 Å². The number of rotatable bonds is 8. The van der Waals surface area contributed by atoms with Gasteiger partial charge in [-0.15, -0.1) is 0 Å². The van der Waals surface area contributed by atoms with E-state index in [4.69, 9.17) is 9.84 Å². The molecule has 0 fully saturated rings. The molecule has 1 rings (SSSR count). The number of aliphatic hydroxyl groups excluding tert-OH is 2. The number of aliphatic hydroxyl groups is 2. The number of aromatic carboxylic acids is 1. The smallest absolute Gasteiger partial charge is 0.545 e. The number of ether oxygens (including phenoxy) is 1. The van der Waals surface area contributed by atoms with Crippen LogP contribution in [0.15, 0.2) is 0 Å². The number of hydrogen-bond donors (Lipinski definition) is 4. The molecule has 0 aliphatic heterocycles. The fourth-order valence-corrected chi connectivity index (χ4v) is 6.19. The molecule has 0 bridgehead atoms. The van der Waals surface area contributed by atoms with Gasteiger partial charge in [-0.1, -0.05) is 0 Å². The van der Waals surface area contributed by atoms with Crippen molar-refractivity contribution in [2.45, 2.75) is 6.10 Å². The third-order valence-corrected chi connectivity index (χ3v) is 6.23. The second-order valence-electron chi connectivity index (χ2n) is 4.88. The van der Waals surface area contributed by atoms with Gasteiger partial charge in [0.25, 0.3) is 5.91 Å². The molecule has 0 aliphatic carbocycles. The summed E-state index contributed by atoms with van der Waals surface area (Å²) >= 11 is 5.30. The van der Waals surface area contributed by atoms with Gasteiger partial charge in [0.2, 0.25) is 5.91 Å². The van der Waals surface area contributed by atoms with Crippen molar-refractivity contribution in [2.24, 2.45) is 0 Å². The average Bonchev–Trinajstić information content (AvgIpc) is 2.56. The summed E-state index contributed by atoms with van der Waals surface area (Å²) in [4.78, 5) is 35.9. The van der Waals surface area contributed by atoms with Crippen LogP contribution >= 0.6 is 67.8 Å². The van der Waals surface area contributed by atoms with Crippen LogP contribution in [-0.4, -0.2) is 61.0 Å². The third kappa shape index (κ3) is 7.83. The number of hydrogen-bond acceptors (Lipinski definition) is 7. The predicted octanol–water partition coefficient (Wildman–Crippen LogP) is -3.46. The molecule has 1 unspecified atom stereocenters. The fourth-order valence-electron chi connectivity index (χ4n) is 1.82. The summed E-state index contributed by atoms with van der Waals surface area (Å²) in [5, 5.41) is 34.7. The number of amides is 2. The molecule has 144 valence electrons. The molecule has 0 heterocycles. The first-order valence-electron chi connectivity index (χ1n) is 6.93. The Morgan fingerprint density at radius 2 is 1.70 bits per heavy atom. The molecular weight excluding hydrogens is 728 g/mol. The number of benzene rings is 1. The minimum absolute atomic E-state index is 0. The van der Waals surface area contributed by atoms with Gasteiger partial charge in [-0.25, -0.2) is 0 Å². The molecular formula is C14H14I3KN2O7. The zero-order valence-corrected chi connectivity index (χ0v) is 23.9. The minimum Gasteiger partial charge on any atom is -0.545 e. The summed E-state index contributed by atoms with van der Waals surface area (Å²) in [5.74, 6) is -2.68. The van der Waals surface area contributed by atoms with E-state index in [9.17, 15) is 24.6 Å². The largest absolute Gasteiger partial charge is 1.00 e. The number of anilines is 1. The van der Waals surface area contributed by atoms with Gasteiger partial charge < -0.3 is 35.5 Å². The number of methoxy groups -OCH3 is 1. The monoisotopic (exact) mass is 742 g/mol. The molecule has 0 spiro atoms. The van der Waals surface area contributed by atoms with Crippen LogP contribution in [0.4, 0.5) is 5.69 Å². The van der Waals surface area contributed by atoms with E-state index in [1.54, 1.807) is 45.2 Å². The Labute approximate surface area is 238 Å². The summed E-state index contributed by atoms with van der Waals surface area (Å²) in [6, 6.07) is 0. The van der Waals surface area contributed by atoms with Gasteiger partial charge in [0.05, 0.1) is 33.5 Å². The van der Waals surface area contributed by atoms with Crippen LogP contribution in [-0.2, 0) is 9.53 Å². The van der Waals surface area contributed by atoms with Crippen molar-refractivity contribution < 1.29 is 85.8 Å². The molecule has 27 heavy (non-hydrogen) atoms. The zero-order valence-electron chi connectivity index (χ0n) is 14.3. The van der Waals surface area contributed by atoms with Crippen molar-refractivity contribution in [3.05, 3.63) is 21.8 Å². The van der Waals surface area contributed by atoms with Crippen molar-refractivity contribution in [1.29, 1.82) is 0 Å². The van der Waals surface area contributed by atoms with Gasteiger partial charge in [0.15, 0.2) is 0 Å². The van der Waals surface area contributed by atoms with E-state index >= 15 is 0 Å². The SMILES string of the molecule is COCC(=O)Nc1c(I)c(C(=O)[O-])c(I)c(C(=O)NCC(O)CO)c1I.[K+]. The van der Waals surface area contributed by atoms with Gasteiger partial charge in [-0.05, 0) is 67.8 Å². The second kappa shape index (κ2) is 13.6. The molecule has 0 aromatic heterocycles. The first-order valence-corrected chi connectivity index (χ1v) is 10.2. The Morgan fingerprint density at radius 3 is 2.19 bits per heavy atom. The van der Waals surface area contributed by atoms with Crippen molar-refractivity contribution in [3.63, 3.8) is 0 Å². The number of carbonyl (C=O) groups excluding carboxylic acids is 3. The standard InChI is InChI=1S/C14H15I3N2O7.K/c1-26-4-6(22)19-12-10(16)7(13(23)18-2-5(21)3-20)9(15)8(11(12)17)14(24)25;/h5,20-21H,2-4H2,1H3,(H,18,23)(H,19,22)(H,24,25);/q;+1/p-1. The van der Waals surface area contributed by atoms with Crippen molar-refractivity contribution >= 4 is 91.2 Å². The van der Waals surface area contributed by atoms with Gasteiger partial charge in [-0.2, -0.15) is 0 Å². The van der Waals surface area contributed by atoms with Crippen LogP contribution in [0.3, 0.4) is 0 Å². The van der Waals surface area contributed by atoms with Crippen LogP contribution < -0.4 is 67.1 Å². The van der Waals surface area contributed by atoms with Crippen LogP contribution in [0.5, 0.6) is 0 Å². The predicted molar refractivity (Wildman–Crippen MR) is 115 cm³/mol. The minimum atomic E-state index is -1.50. The van der Waals surface area contributed by atoms with Gasteiger partial charge >= 0.3 is 51.4 Å². The quantitative estimate of drug-likeness (QED) is 0.160. The average molecular weight is 742 g/mol. The molecule has 0 saturated heterocycles. The van der Waals surface area contributed by atoms with Crippen LogP contribution in [0, 0.1) is 10.7 Å². The molecule has 0 saturated carbocycles. The fraction of sp³-hybridized carbons (Fsp3) is 0.357. The molecule has 2 amide bonds. The zero-order chi connectivity index (χ0) is 20.0. The van der Waals surface area contributed by atoms with E-state index in [1.807, 2.05) is 22.6 Å². The van der Waals surface area contributed by atoms with Crippen LogP contribution in [0.25, 0.3) is 0 Å². The maximum Gasteiger partial charge on any atom is 1.00 e. The summed E-state index contributed by atoms with van der Waals surface area (Å²) in [5.41, 5.74) is -0.0587. The van der Waals surface area contributed by atoms with Crippen molar-refractivity contribution in [3.8, 4) is 0 Å². The Balaban J connectivity index is 0.00000676. The third-order valence-electron chi connectivity index (χ3n) is 3.00. The second-order valence-corrected chi connectivity index (χ2v) is 8.12. The molecule has 4 N–H and O–H groups in total. The van der Waals surface area contributed by atoms with Crippen molar-refractivity contribution in [1.82, 2.24) is 5.32 Å². The Hall–Kier alpha value is 1.34. The number of carbonyl (C=O) groups is 3. The van der Waals surface area contributed by atoms with Gasteiger partial charge in [0.1, 0.15) is 6.61 Å². The first kappa shape index (κ1) is 28.3. The van der Waals surface area contributed by atoms with E-state index in [1.165, 1.54) is 7.11 Å². The molecule has 1 aromatic rings. The Bertz CT molecular complexity index is 733. The van der Waals surface area contributed by atoms with Crippen molar-refractivity contribution in [2.75, 3.05) is 32.2 Å². The molecule has 1 aromatic carbocycles. The van der Waals surface area contributed by atoms with Gasteiger partial charge in [0, 0.05) is 26.4 Å². The molecule has 0 radical (unpaired) electrons. The molecule has 9 nitrogen and oxygen atoms in total. The Morgan fingerprint density at radius 1 is 1.15 bits per heavy atom. The summed E-state index contributed by atoms with van der Waals surface area (Å²) in [6.45, 7) is -1.01. The van der Waals surface area contributed by atoms with E-state index in [-0.39, 0.29) is 88.5 Å². The maximum absolute atomic E-state index is 12.5. The topological polar surface area (TPSA) is 148 Å².